The molecule has 1 aliphatic carbocycles. The zero-order chi connectivity index (χ0) is 14.5. The summed E-state index contributed by atoms with van der Waals surface area (Å²) < 4.78 is 0. The van der Waals surface area contributed by atoms with E-state index in [0.29, 0.717) is 12.3 Å². The van der Waals surface area contributed by atoms with Gasteiger partial charge >= 0.3 is 0 Å². The van der Waals surface area contributed by atoms with Crippen molar-refractivity contribution in [2.45, 2.75) is 70.9 Å². The van der Waals surface area contributed by atoms with E-state index in [1.54, 1.807) is 6.92 Å². The van der Waals surface area contributed by atoms with Crippen molar-refractivity contribution < 1.29 is 4.79 Å². The highest BCUT2D eigenvalue weighted by atomic mass is 16.1. The number of carbonyl (C=O) groups excluding carboxylic acids is 1. The summed E-state index contributed by atoms with van der Waals surface area (Å²) in [4.78, 5) is 13.8. The van der Waals surface area contributed by atoms with E-state index in [4.69, 9.17) is 11.5 Å². The van der Waals surface area contributed by atoms with Crippen LogP contribution < -0.4 is 11.5 Å². The van der Waals surface area contributed by atoms with Crippen molar-refractivity contribution in [2.24, 2.45) is 17.4 Å². The second-order valence-corrected chi connectivity index (χ2v) is 6.71. The molecule has 4 nitrogen and oxygen atoms in total. The fourth-order valence-electron chi connectivity index (χ4n) is 2.93. The van der Waals surface area contributed by atoms with Crippen LogP contribution in [0.1, 0.15) is 59.3 Å². The number of carbonyl (C=O) groups is 1. The average molecular weight is 269 g/mol. The molecule has 4 heteroatoms. The second-order valence-electron chi connectivity index (χ2n) is 6.71. The van der Waals surface area contributed by atoms with E-state index in [0.717, 1.165) is 25.6 Å². The maximum Gasteiger partial charge on any atom is 0.237 e. The van der Waals surface area contributed by atoms with Crippen LogP contribution in [0, 0.1) is 5.92 Å². The average Bonchev–Trinajstić information content (AvgIpc) is 2.80. The number of amides is 1. The van der Waals surface area contributed by atoms with Gasteiger partial charge in [-0.1, -0.05) is 26.7 Å². The Morgan fingerprint density at radius 2 is 1.95 bits per heavy atom. The molecule has 19 heavy (non-hydrogen) atoms. The van der Waals surface area contributed by atoms with Crippen molar-refractivity contribution in [3.8, 4) is 0 Å². The normalized spacial score (nSPS) is 20.1. The molecule has 112 valence electrons. The van der Waals surface area contributed by atoms with Gasteiger partial charge in [0.25, 0.3) is 0 Å². The molecule has 0 aliphatic heterocycles. The molecule has 1 rings (SSSR count). The van der Waals surface area contributed by atoms with E-state index in [9.17, 15) is 4.79 Å². The lowest BCUT2D eigenvalue weighted by Gasteiger charge is -2.31. The lowest BCUT2D eigenvalue weighted by Crippen LogP contribution is -2.49. The van der Waals surface area contributed by atoms with Gasteiger partial charge in [-0.3, -0.25) is 4.79 Å². The predicted octanol–water partition coefficient (Wildman–Crippen LogP) is 1.87. The molecule has 0 bridgehead atoms. The van der Waals surface area contributed by atoms with Crippen LogP contribution in [0.2, 0.25) is 0 Å². The first-order valence-corrected chi connectivity index (χ1v) is 7.66. The number of hydrogen-bond acceptors (Lipinski definition) is 3. The first-order chi connectivity index (χ1) is 8.83. The maximum atomic E-state index is 11.2. The number of nitrogens with two attached hydrogens (primary N) is 2. The van der Waals surface area contributed by atoms with Gasteiger partial charge in [-0.25, -0.2) is 0 Å². The summed E-state index contributed by atoms with van der Waals surface area (Å²) in [5.41, 5.74) is 10.4. The van der Waals surface area contributed by atoms with Gasteiger partial charge in [0.2, 0.25) is 5.91 Å². The maximum absolute atomic E-state index is 11.2. The molecule has 1 fully saturated rings. The van der Waals surface area contributed by atoms with Crippen LogP contribution in [0.5, 0.6) is 0 Å². The SMILES string of the molecule is CC(C)CN(CCCC(C)(N)C(N)=O)C1CCCC1. The molecule has 0 aromatic heterocycles. The van der Waals surface area contributed by atoms with Crippen molar-refractivity contribution in [3.63, 3.8) is 0 Å². The minimum absolute atomic E-state index is 0.399. The third-order valence-corrected chi connectivity index (χ3v) is 4.15. The van der Waals surface area contributed by atoms with Gasteiger partial charge in [-0.2, -0.15) is 0 Å². The first kappa shape index (κ1) is 16.4. The Morgan fingerprint density at radius 3 is 2.42 bits per heavy atom. The Labute approximate surface area is 117 Å². The van der Waals surface area contributed by atoms with Crippen LogP contribution in [0.25, 0.3) is 0 Å². The van der Waals surface area contributed by atoms with Crippen LogP contribution in [0.4, 0.5) is 0 Å². The zero-order valence-electron chi connectivity index (χ0n) is 12.8. The molecule has 1 saturated carbocycles. The van der Waals surface area contributed by atoms with Crippen molar-refractivity contribution in [1.82, 2.24) is 4.90 Å². The summed E-state index contributed by atoms with van der Waals surface area (Å²) in [6.45, 7) is 8.43. The highest BCUT2D eigenvalue weighted by molar-refractivity contribution is 5.83. The Bertz CT molecular complexity index is 283. The number of primary amides is 1. The molecule has 0 aromatic rings. The number of rotatable bonds is 8. The van der Waals surface area contributed by atoms with E-state index in [2.05, 4.69) is 18.7 Å². The van der Waals surface area contributed by atoms with E-state index < -0.39 is 11.4 Å². The number of hydrogen-bond donors (Lipinski definition) is 2. The van der Waals surface area contributed by atoms with E-state index >= 15 is 0 Å². The molecule has 0 heterocycles. The lowest BCUT2D eigenvalue weighted by molar-refractivity contribution is -0.122. The second kappa shape index (κ2) is 7.25. The Kier molecular flexibility index (Phi) is 6.27. The summed E-state index contributed by atoms with van der Waals surface area (Å²) in [6.07, 6.45) is 6.97. The van der Waals surface area contributed by atoms with Gasteiger partial charge in [0.05, 0.1) is 5.54 Å². The van der Waals surface area contributed by atoms with Gasteiger partial charge < -0.3 is 16.4 Å². The van der Waals surface area contributed by atoms with Crippen molar-refractivity contribution >= 4 is 5.91 Å². The van der Waals surface area contributed by atoms with E-state index in [1.165, 1.54) is 25.7 Å². The fraction of sp³-hybridized carbons (Fsp3) is 0.933. The van der Waals surface area contributed by atoms with Gasteiger partial charge in [-0.05, 0) is 45.1 Å². The molecule has 4 N–H and O–H groups in total. The third kappa shape index (κ3) is 5.49. The minimum Gasteiger partial charge on any atom is -0.368 e. The summed E-state index contributed by atoms with van der Waals surface area (Å²) >= 11 is 0. The monoisotopic (exact) mass is 269 g/mol. The van der Waals surface area contributed by atoms with Crippen LogP contribution >= 0.6 is 0 Å². The zero-order valence-corrected chi connectivity index (χ0v) is 12.8. The molecule has 0 aromatic carbocycles. The molecule has 1 unspecified atom stereocenters. The van der Waals surface area contributed by atoms with E-state index in [-0.39, 0.29) is 0 Å². The summed E-state index contributed by atoms with van der Waals surface area (Å²) in [5.74, 6) is 0.282. The van der Waals surface area contributed by atoms with Crippen LogP contribution in [0.3, 0.4) is 0 Å². The number of nitrogens with zero attached hydrogens (tertiary/aromatic N) is 1. The van der Waals surface area contributed by atoms with Crippen molar-refractivity contribution in [1.29, 1.82) is 0 Å². The van der Waals surface area contributed by atoms with Gasteiger partial charge in [0.15, 0.2) is 0 Å². The lowest BCUT2D eigenvalue weighted by atomic mass is 9.96. The molecule has 1 amide bonds. The van der Waals surface area contributed by atoms with Gasteiger partial charge in [-0.15, -0.1) is 0 Å². The first-order valence-electron chi connectivity index (χ1n) is 7.66. The molecule has 1 atom stereocenters. The van der Waals surface area contributed by atoms with Crippen LogP contribution in [-0.4, -0.2) is 35.5 Å². The summed E-state index contributed by atoms with van der Waals surface area (Å²) in [7, 11) is 0. The highest BCUT2D eigenvalue weighted by Gasteiger charge is 2.27. The molecule has 0 spiro atoms. The minimum atomic E-state index is -0.862. The molecule has 1 aliphatic rings. The van der Waals surface area contributed by atoms with Crippen molar-refractivity contribution in [2.75, 3.05) is 13.1 Å². The fourth-order valence-corrected chi connectivity index (χ4v) is 2.93. The molecular formula is C15H31N3O. The van der Waals surface area contributed by atoms with Gasteiger partial charge in [0, 0.05) is 12.6 Å². The van der Waals surface area contributed by atoms with Crippen LogP contribution in [-0.2, 0) is 4.79 Å². The summed E-state index contributed by atoms with van der Waals surface area (Å²) in [6, 6.07) is 0.736. The van der Waals surface area contributed by atoms with Gasteiger partial charge in [0.1, 0.15) is 0 Å². The smallest absolute Gasteiger partial charge is 0.237 e. The third-order valence-electron chi connectivity index (χ3n) is 4.15. The Morgan fingerprint density at radius 1 is 1.37 bits per heavy atom. The van der Waals surface area contributed by atoms with Crippen molar-refractivity contribution in [3.05, 3.63) is 0 Å². The summed E-state index contributed by atoms with van der Waals surface area (Å²) in [5, 5.41) is 0. The predicted molar refractivity (Wildman–Crippen MR) is 79.7 cm³/mol. The molecule has 0 radical (unpaired) electrons. The topological polar surface area (TPSA) is 72.3 Å². The Balaban J connectivity index is 2.42. The van der Waals surface area contributed by atoms with E-state index in [1.807, 2.05) is 0 Å². The van der Waals surface area contributed by atoms with Crippen LogP contribution in [0.15, 0.2) is 0 Å². The quantitative estimate of drug-likeness (QED) is 0.706. The highest BCUT2D eigenvalue weighted by Crippen LogP contribution is 2.25. The largest absolute Gasteiger partial charge is 0.368 e. The molecular weight excluding hydrogens is 238 g/mol. The Hall–Kier alpha value is -0.610. The molecule has 0 saturated heterocycles. The standard InChI is InChI=1S/C15H31N3O/c1-12(2)11-18(13-7-4-5-8-13)10-6-9-15(3,17)14(16)19/h12-13H,4-11,17H2,1-3H3,(H2,16,19).